The predicted octanol–water partition coefficient (Wildman–Crippen LogP) is 3.30. The van der Waals surface area contributed by atoms with Crippen LogP contribution in [0.2, 0.25) is 0 Å². The molecule has 0 bridgehead atoms. The summed E-state index contributed by atoms with van der Waals surface area (Å²) in [5, 5.41) is 3.58. The Hall–Kier alpha value is -1.03. The summed E-state index contributed by atoms with van der Waals surface area (Å²) in [7, 11) is 0. The van der Waals surface area contributed by atoms with E-state index in [1.165, 1.54) is 25.7 Å². The molecule has 1 unspecified atom stereocenters. The Morgan fingerprint density at radius 2 is 2.26 bits per heavy atom. The third kappa shape index (κ3) is 4.23. The van der Waals surface area contributed by atoms with E-state index in [9.17, 15) is 0 Å². The molecule has 0 amide bonds. The van der Waals surface area contributed by atoms with Crippen molar-refractivity contribution in [1.29, 1.82) is 0 Å². The molecular formula is C15H27N3O. The molecule has 0 saturated heterocycles. The molecule has 1 heterocycles. The second-order valence-corrected chi connectivity index (χ2v) is 5.47. The molecule has 1 N–H and O–H groups in total. The molecule has 0 aliphatic heterocycles. The molecule has 1 aliphatic rings. The van der Waals surface area contributed by atoms with Crippen LogP contribution >= 0.6 is 0 Å². The average Bonchev–Trinajstić information content (AvgIpc) is 3.06. The highest BCUT2D eigenvalue weighted by atomic mass is 16.5. The first kappa shape index (κ1) is 14.4. The van der Waals surface area contributed by atoms with Crippen molar-refractivity contribution >= 4 is 5.95 Å². The topological polar surface area (TPSA) is 39.1 Å². The monoisotopic (exact) mass is 265 g/mol. The van der Waals surface area contributed by atoms with Crippen LogP contribution in [0.3, 0.4) is 0 Å². The minimum atomic E-state index is 0.524. The van der Waals surface area contributed by atoms with Crippen LogP contribution in [-0.4, -0.2) is 28.8 Å². The zero-order chi connectivity index (χ0) is 13.5. The minimum absolute atomic E-state index is 0.524. The third-order valence-electron chi connectivity index (χ3n) is 4.07. The molecule has 4 nitrogen and oxygen atoms in total. The van der Waals surface area contributed by atoms with Gasteiger partial charge in [0.15, 0.2) is 0 Å². The smallest absolute Gasteiger partial charge is 0.202 e. The highest BCUT2D eigenvalue weighted by Gasteiger charge is 2.22. The fourth-order valence-corrected chi connectivity index (χ4v) is 2.89. The number of hydrogen-bond acceptors (Lipinski definition) is 3. The van der Waals surface area contributed by atoms with E-state index in [0.717, 1.165) is 38.0 Å². The maximum atomic E-state index is 5.38. The van der Waals surface area contributed by atoms with Gasteiger partial charge in [-0.05, 0) is 39.0 Å². The summed E-state index contributed by atoms with van der Waals surface area (Å²) in [6, 6.07) is 0.524. The summed E-state index contributed by atoms with van der Waals surface area (Å²) in [6.45, 7) is 6.92. The largest absolute Gasteiger partial charge is 0.382 e. The zero-order valence-electron chi connectivity index (χ0n) is 12.3. The van der Waals surface area contributed by atoms with Gasteiger partial charge < -0.3 is 14.6 Å². The number of ether oxygens (including phenoxy) is 1. The summed E-state index contributed by atoms with van der Waals surface area (Å²) < 4.78 is 7.58. The standard InChI is InChI=1S/C15H27N3O/c1-3-19-12-6-10-18-11-9-16-15(18)17-13(2)14-7-4-5-8-14/h9,11,13-14H,3-8,10,12H2,1-2H3,(H,16,17). The summed E-state index contributed by atoms with van der Waals surface area (Å²) in [4.78, 5) is 4.44. The molecule has 1 aromatic heterocycles. The third-order valence-corrected chi connectivity index (χ3v) is 4.07. The normalized spacial score (nSPS) is 17.8. The maximum absolute atomic E-state index is 5.38. The van der Waals surface area contributed by atoms with E-state index in [1.54, 1.807) is 0 Å². The van der Waals surface area contributed by atoms with Crippen LogP contribution in [0.5, 0.6) is 0 Å². The first-order chi connectivity index (χ1) is 9.31. The van der Waals surface area contributed by atoms with E-state index in [1.807, 2.05) is 13.1 Å². The van der Waals surface area contributed by atoms with Gasteiger partial charge in [0.25, 0.3) is 0 Å². The van der Waals surface area contributed by atoms with Gasteiger partial charge in [-0.25, -0.2) is 4.98 Å². The highest BCUT2D eigenvalue weighted by Crippen LogP contribution is 2.28. The number of aryl methyl sites for hydroxylation is 1. The Morgan fingerprint density at radius 3 is 3.00 bits per heavy atom. The lowest BCUT2D eigenvalue weighted by Gasteiger charge is -2.21. The van der Waals surface area contributed by atoms with Crippen LogP contribution in [0, 0.1) is 5.92 Å². The molecule has 19 heavy (non-hydrogen) atoms. The van der Waals surface area contributed by atoms with E-state index in [2.05, 4.69) is 28.0 Å². The summed E-state index contributed by atoms with van der Waals surface area (Å²) in [5.74, 6) is 1.82. The fraction of sp³-hybridized carbons (Fsp3) is 0.800. The number of anilines is 1. The van der Waals surface area contributed by atoms with Gasteiger partial charge in [-0.1, -0.05) is 12.8 Å². The van der Waals surface area contributed by atoms with Crippen molar-refractivity contribution in [3.63, 3.8) is 0 Å². The van der Waals surface area contributed by atoms with Gasteiger partial charge in [0.1, 0.15) is 0 Å². The molecule has 1 aromatic rings. The van der Waals surface area contributed by atoms with Gasteiger partial charge in [0.05, 0.1) is 0 Å². The molecule has 0 aromatic carbocycles. The fourth-order valence-electron chi connectivity index (χ4n) is 2.89. The van der Waals surface area contributed by atoms with E-state index < -0.39 is 0 Å². The summed E-state index contributed by atoms with van der Waals surface area (Å²) >= 11 is 0. The SMILES string of the molecule is CCOCCCn1ccnc1NC(C)C1CCCC1. The van der Waals surface area contributed by atoms with Crippen LogP contribution < -0.4 is 5.32 Å². The van der Waals surface area contributed by atoms with Crippen LogP contribution in [0.1, 0.15) is 46.0 Å². The van der Waals surface area contributed by atoms with E-state index in [4.69, 9.17) is 4.74 Å². The Kier molecular flexibility index (Phi) is 5.70. The van der Waals surface area contributed by atoms with Crippen molar-refractivity contribution in [2.45, 2.75) is 58.5 Å². The number of hydrogen-bond donors (Lipinski definition) is 1. The number of imidazole rings is 1. The Bertz CT molecular complexity index is 358. The van der Waals surface area contributed by atoms with E-state index >= 15 is 0 Å². The van der Waals surface area contributed by atoms with Crippen molar-refractivity contribution in [3.8, 4) is 0 Å². The van der Waals surface area contributed by atoms with Gasteiger partial charge >= 0.3 is 0 Å². The van der Waals surface area contributed by atoms with Crippen molar-refractivity contribution in [2.24, 2.45) is 5.92 Å². The maximum Gasteiger partial charge on any atom is 0.202 e. The highest BCUT2D eigenvalue weighted by molar-refractivity contribution is 5.27. The van der Waals surface area contributed by atoms with Gasteiger partial charge in [-0.15, -0.1) is 0 Å². The second-order valence-electron chi connectivity index (χ2n) is 5.47. The van der Waals surface area contributed by atoms with Crippen molar-refractivity contribution in [2.75, 3.05) is 18.5 Å². The Morgan fingerprint density at radius 1 is 1.47 bits per heavy atom. The summed E-state index contributed by atoms with van der Waals surface area (Å²) in [6.07, 6.45) is 10.5. The average molecular weight is 265 g/mol. The Balaban J connectivity index is 1.81. The Labute approximate surface area is 116 Å². The predicted molar refractivity (Wildman–Crippen MR) is 78.4 cm³/mol. The summed E-state index contributed by atoms with van der Waals surface area (Å²) in [5.41, 5.74) is 0. The molecule has 4 heteroatoms. The molecule has 0 radical (unpaired) electrons. The van der Waals surface area contributed by atoms with Crippen molar-refractivity contribution in [3.05, 3.63) is 12.4 Å². The molecule has 1 atom stereocenters. The lowest BCUT2D eigenvalue weighted by Crippen LogP contribution is -2.25. The number of rotatable bonds is 8. The quantitative estimate of drug-likeness (QED) is 0.733. The van der Waals surface area contributed by atoms with E-state index in [-0.39, 0.29) is 0 Å². The number of nitrogens with one attached hydrogen (secondary N) is 1. The number of aromatic nitrogens is 2. The van der Waals surface area contributed by atoms with Gasteiger partial charge in [0.2, 0.25) is 5.95 Å². The van der Waals surface area contributed by atoms with Crippen LogP contribution in [0.4, 0.5) is 5.95 Å². The second kappa shape index (κ2) is 7.53. The van der Waals surface area contributed by atoms with Crippen LogP contribution in [0.15, 0.2) is 12.4 Å². The lowest BCUT2D eigenvalue weighted by molar-refractivity contribution is 0.142. The van der Waals surface area contributed by atoms with Crippen LogP contribution in [0.25, 0.3) is 0 Å². The van der Waals surface area contributed by atoms with Crippen LogP contribution in [-0.2, 0) is 11.3 Å². The van der Waals surface area contributed by atoms with Crippen molar-refractivity contribution in [1.82, 2.24) is 9.55 Å². The number of nitrogens with zero attached hydrogens (tertiary/aromatic N) is 2. The molecule has 1 saturated carbocycles. The molecule has 1 fully saturated rings. The zero-order valence-corrected chi connectivity index (χ0v) is 12.3. The first-order valence-corrected chi connectivity index (χ1v) is 7.66. The molecule has 108 valence electrons. The molecule has 1 aliphatic carbocycles. The van der Waals surface area contributed by atoms with Gasteiger partial charge in [0, 0.05) is 38.2 Å². The molecule has 0 spiro atoms. The van der Waals surface area contributed by atoms with Gasteiger partial charge in [-0.2, -0.15) is 0 Å². The van der Waals surface area contributed by atoms with Gasteiger partial charge in [-0.3, -0.25) is 0 Å². The van der Waals surface area contributed by atoms with E-state index in [0.29, 0.717) is 6.04 Å². The minimum Gasteiger partial charge on any atom is -0.382 e. The van der Waals surface area contributed by atoms with Crippen molar-refractivity contribution < 1.29 is 4.74 Å². The first-order valence-electron chi connectivity index (χ1n) is 7.66. The molecule has 2 rings (SSSR count). The lowest BCUT2D eigenvalue weighted by atomic mass is 10.0. The molecular weight excluding hydrogens is 238 g/mol.